The number of carbonyl (C=O) groups excluding carboxylic acids is 2. The van der Waals surface area contributed by atoms with Crippen LogP contribution in [0.4, 0.5) is 13.2 Å². The second kappa shape index (κ2) is 5.28. The van der Waals surface area contributed by atoms with Crippen molar-refractivity contribution in [2.75, 3.05) is 19.7 Å². The molecule has 18 heavy (non-hydrogen) atoms. The van der Waals surface area contributed by atoms with E-state index < -0.39 is 24.6 Å². The fourth-order valence-corrected chi connectivity index (χ4v) is 1.51. The highest BCUT2D eigenvalue weighted by molar-refractivity contribution is 5.91. The SMILES string of the molecule is CCOC(=O)C1=C(O)CCN(C(=O)C(F)(F)F)C1. The summed E-state index contributed by atoms with van der Waals surface area (Å²) in [4.78, 5) is 22.8. The van der Waals surface area contributed by atoms with Crippen molar-refractivity contribution in [1.82, 2.24) is 4.90 Å². The Hall–Kier alpha value is -1.73. The van der Waals surface area contributed by atoms with Gasteiger partial charge in [0.05, 0.1) is 18.7 Å². The van der Waals surface area contributed by atoms with Gasteiger partial charge in [0.1, 0.15) is 5.76 Å². The number of ether oxygens (including phenoxy) is 1. The highest BCUT2D eigenvalue weighted by Crippen LogP contribution is 2.23. The zero-order valence-electron chi connectivity index (χ0n) is 9.58. The molecule has 1 amide bonds. The second-order valence-electron chi connectivity index (χ2n) is 3.62. The fourth-order valence-electron chi connectivity index (χ4n) is 1.51. The number of hydrogen-bond acceptors (Lipinski definition) is 4. The van der Waals surface area contributed by atoms with Gasteiger partial charge in [-0.3, -0.25) is 4.79 Å². The Labute approximate surface area is 101 Å². The molecule has 0 saturated heterocycles. The molecule has 0 bridgehead atoms. The summed E-state index contributed by atoms with van der Waals surface area (Å²) in [5, 5.41) is 9.43. The van der Waals surface area contributed by atoms with E-state index >= 15 is 0 Å². The molecule has 0 atom stereocenters. The number of alkyl halides is 3. The van der Waals surface area contributed by atoms with Crippen LogP contribution in [0.1, 0.15) is 13.3 Å². The lowest BCUT2D eigenvalue weighted by atomic mass is 10.1. The lowest BCUT2D eigenvalue weighted by Gasteiger charge is -2.28. The molecule has 1 aliphatic rings. The fraction of sp³-hybridized carbons (Fsp3) is 0.600. The minimum atomic E-state index is -4.99. The molecule has 0 aromatic carbocycles. The van der Waals surface area contributed by atoms with Crippen molar-refractivity contribution < 1.29 is 32.6 Å². The highest BCUT2D eigenvalue weighted by atomic mass is 19.4. The van der Waals surface area contributed by atoms with Crippen molar-refractivity contribution in [1.29, 1.82) is 0 Å². The van der Waals surface area contributed by atoms with E-state index in [0.29, 0.717) is 4.90 Å². The summed E-state index contributed by atoms with van der Waals surface area (Å²) in [6.07, 6.45) is -5.19. The van der Waals surface area contributed by atoms with E-state index in [1.165, 1.54) is 6.92 Å². The lowest BCUT2D eigenvalue weighted by molar-refractivity contribution is -0.185. The van der Waals surface area contributed by atoms with Gasteiger partial charge < -0.3 is 14.7 Å². The lowest BCUT2D eigenvalue weighted by Crippen LogP contribution is -2.45. The van der Waals surface area contributed by atoms with E-state index in [-0.39, 0.29) is 30.9 Å². The summed E-state index contributed by atoms with van der Waals surface area (Å²) >= 11 is 0. The molecule has 0 aromatic rings. The number of aliphatic hydroxyl groups is 1. The maximum atomic E-state index is 12.2. The molecule has 0 fully saturated rings. The van der Waals surface area contributed by atoms with Crippen molar-refractivity contribution >= 4 is 11.9 Å². The monoisotopic (exact) mass is 267 g/mol. The first-order valence-corrected chi connectivity index (χ1v) is 5.21. The number of carbonyl (C=O) groups is 2. The standard InChI is InChI=1S/C10H12F3NO4/c1-2-18-8(16)6-5-14(4-3-7(6)15)9(17)10(11,12)13/h15H,2-5H2,1H3. The average molecular weight is 267 g/mol. The molecule has 102 valence electrons. The summed E-state index contributed by atoms with van der Waals surface area (Å²) in [6, 6.07) is 0. The molecule has 0 saturated carbocycles. The van der Waals surface area contributed by atoms with Gasteiger partial charge in [-0.25, -0.2) is 4.79 Å². The van der Waals surface area contributed by atoms with Crippen LogP contribution in [0.15, 0.2) is 11.3 Å². The van der Waals surface area contributed by atoms with Crippen molar-refractivity contribution in [3.8, 4) is 0 Å². The van der Waals surface area contributed by atoms with E-state index in [2.05, 4.69) is 4.74 Å². The van der Waals surface area contributed by atoms with E-state index in [0.717, 1.165) is 0 Å². The Kier molecular flexibility index (Phi) is 4.20. The van der Waals surface area contributed by atoms with Crippen molar-refractivity contribution in [2.24, 2.45) is 0 Å². The number of esters is 1. The van der Waals surface area contributed by atoms with Gasteiger partial charge in [-0.2, -0.15) is 13.2 Å². The Morgan fingerprint density at radius 3 is 2.56 bits per heavy atom. The average Bonchev–Trinajstić information content (AvgIpc) is 2.27. The molecule has 1 N–H and O–H groups in total. The van der Waals surface area contributed by atoms with E-state index in [9.17, 15) is 27.9 Å². The van der Waals surface area contributed by atoms with Crippen LogP contribution >= 0.6 is 0 Å². The second-order valence-corrected chi connectivity index (χ2v) is 3.62. The van der Waals surface area contributed by atoms with E-state index in [1.807, 2.05) is 0 Å². The third-order valence-electron chi connectivity index (χ3n) is 2.37. The predicted octanol–water partition coefficient (Wildman–Crippen LogP) is 1.16. The van der Waals surface area contributed by atoms with Crippen LogP contribution < -0.4 is 0 Å². The van der Waals surface area contributed by atoms with Crippen LogP contribution in [0.2, 0.25) is 0 Å². The van der Waals surface area contributed by atoms with Gasteiger partial charge in [-0.1, -0.05) is 0 Å². The molecule has 0 aromatic heterocycles. The van der Waals surface area contributed by atoms with Gasteiger partial charge in [0, 0.05) is 13.0 Å². The quantitative estimate of drug-likeness (QED) is 0.762. The first kappa shape index (κ1) is 14.3. The maximum absolute atomic E-state index is 12.2. The third kappa shape index (κ3) is 3.14. The predicted molar refractivity (Wildman–Crippen MR) is 53.5 cm³/mol. The summed E-state index contributed by atoms with van der Waals surface area (Å²) in [7, 11) is 0. The molecule has 0 aliphatic carbocycles. The summed E-state index contributed by atoms with van der Waals surface area (Å²) < 4.78 is 41.3. The van der Waals surface area contributed by atoms with Crippen molar-refractivity contribution in [3.63, 3.8) is 0 Å². The topological polar surface area (TPSA) is 66.8 Å². The number of amides is 1. The smallest absolute Gasteiger partial charge is 0.471 e. The minimum Gasteiger partial charge on any atom is -0.512 e. The molecule has 0 radical (unpaired) electrons. The molecular weight excluding hydrogens is 255 g/mol. The first-order valence-electron chi connectivity index (χ1n) is 5.21. The number of nitrogens with zero attached hydrogens (tertiary/aromatic N) is 1. The Morgan fingerprint density at radius 1 is 1.44 bits per heavy atom. The Balaban J connectivity index is 2.83. The summed E-state index contributed by atoms with van der Waals surface area (Å²) in [6.45, 7) is 0.676. The van der Waals surface area contributed by atoms with Crippen LogP contribution in [-0.2, 0) is 14.3 Å². The molecule has 1 rings (SSSR count). The molecule has 0 spiro atoms. The van der Waals surface area contributed by atoms with Crippen molar-refractivity contribution in [2.45, 2.75) is 19.5 Å². The highest BCUT2D eigenvalue weighted by Gasteiger charge is 2.44. The molecular formula is C10H12F3NO4. The van der Waals surface area contributed by atoms with Crippen molar-refractivity contribution in [3.05, 3.63) is 11.3 Å². The van der Waals surface area contributed by atoms with Gasteiger partial charge in [0.2, 0.25) is 0 Å². The largest absolute Gasteiger partial charge is 0.512 e. The zero-order chi connectivity index (χ0) is 13.9. The summed E-state index contributed by atoms with van der Waals surface area (Å²) in [5.74, 6) is -3.27. The van der Waals surface area contributed by atoms with Gasteiger partial charge in [0.25, 0.3) is 0 Å². The minimum absolute atomic E-state index is 0.0306. The van der Waals surface area contributed by atoms with Crippen LogP contribution in [0.5, 0.6) is 0 Å². The van der Waals surface area contributed by atoms with Gasteiger partial charge in [-0.15, -0.1) is 0 Å². The first-order chi connectivity index (χ1) is 8.27. The van der Waals surface area contributed by atoms with Gasteiger partial charge in [-0.05, 0) is 6.92 Å². The Bertz CT molecular complexity index is 389. The number of hydrogen-bond donors (Lipinski definition) is 1. The van der Waals surface area contributed by atoms with E-state index in [1.54, 1.807) is 0 Å². The van der Waals surface area contributed by atoms with Gasteiger partial charge in [0.15, 0.2) is 0 Å². The van der Waals surface area contributed by atoms with Crippen LogP contribution in [-0.4, -0.2) is 47.8 Å². The number of halogens is 3. The number of rotatable bonds is 2. The van der Waals surface area contributed by atoms with Crippen LogP contribution in [0.25, 0.3) is 0 Å². The van der Waals surface area contributed by atoms with Crippen LogP contribution in [0.3, 0.4) is 0 Å². The molecule has 8 heteroatoms. The number of aliphatic hydroxyl groups excluding tert-OH is 1. The Morgan fingerprint density at radius 2 is 2.06 bits per heavy atom. The molecule has 0 unspecified atom stereocenters. The van der Waals surface area contributed by atoms with Crippen LogP contribution in [0, 0.1) is 0 Å². The van der Waals surface area contributed by atoms with E-state index in [4.69, 9.17) is 0 Å². The maximum Gasteiger partial charge on any atom is 0.471 e. The zero-order valence-corrected chi connectivity index (χ0v) is 9.58. The third-order valence-corrected chi connectivity index (χ3v) is 2.37. The normalized spacial score (nSPS) is 16.8. The molecule has 1 heterocycles. The molecule has 5 nitrogen and oxygen atoms in total. The summed E-state index contributed by atoms with van der Waals surface area (Å²) in [5.41, 5.74) is -0.305. The molecule has 1 aliphatic heterocycles. The van der Waals surface area contributed by atoms with Gasteiger partial charge >= 0.3 is 18.1 Å².